The number of allylic oxidation sites excluding steroid dienone is 16. The molecule has 0 rings (SSSR count). The number of unbranched alkanes of at least 4 members (excludes halogenated alkanes) is 26. The molecule has 6 heteroatoms. The van der Waals surface area contributed by atoms with E-state index in [1.165, 1.54) is 116 Å². The highest BCUT2D eigenvalue weighted by Gasteiger charge is 2.19. The third-order valence-electron chi connectivity index (χ3n) is 12.5. The smallest absolute Gasteiger partial charge is 0.306 e. The van der Waals surface area contributed by atoms with Gasteiger partial charge in [0.2, 0.25) is 0 Å². The molecule has 0 bridgehead atoms. The van der Waals surface area contributed by atoms with Crippen molar-refractivity contribution in [2.45, 2.75) is 284 Å². The number of carbonyl (C=O) groups excluding carboxylic acids is 3. The van der Waals surface area contributed by atoms with Crippen LogP contribution in [0.1, 0.15) is 278 Å². The average molecular weight is 988 g/mol. The zero-order valence-electron chi connectivity index (χ0n) is 46.5. The van der Waals surface area contributed by atoms with E-state index in [4.69, 9.17) is 14.2 Å². The molecule has 6 nitrogen and oxygen atoms in total. The van der Waals surface area contributed by atoms with Crippen molar-refractivity contribution in [1.82, 2.24) is 0 Å². The van der Waals surface area contributed by atoms with Crippen LogP contribution in [0.3, 0.4) is 0 Å². The number of hydrogen-bond acceptors (Lipinski definition) is 6. The Hall–Kier alpha value is -3.67. The summed E-state index contributed by atoms with van der Waals surface area (Å²) in [7, 11) is 0. The second-order valence-corrected chi connectivity index (χ2v) is 19.5. The van der Waals surface area contributed by atoms with Crippen LogP contribution in [0, 0.1) is 0 Å². The summed E-state index contributed by atoms with van der Waals surface area (Å²) >= 11 is 0. The van der Waals surface area contributed by atoms with E-state index in [9.17, 15) is 14.4 Å². The summed E-state index contributed by atoms with van der Waals surface area (Å²) in [6.45, 7) is 6.45. The highest BCUT2D eigenvalue weighted by molar-refractivity contribution is 5.71. The van der Waals surface area contributed by atoms with Crippen LogP contribution in [0.4, 0.5) is 0 Å². The summed E-state index contributed by atoms with van der Waals surface area (Å²) in [5.74, 6) is -0.940. The van der Waals surface area contributed by atoms with Gasteiger partial charge in [0, 0.05) is 19.3 Å². The number of ether oxygens (including phenoxy) is 3. The lowest BCUT2D eigenvalue weighted by Gasteiger charge is -2.18. The van der Waals surface area contributed by atoms with Crippen molar-refractivity contribution in [2.24, 2.45) is 0 Å². The van der Waals surface area contributed by atoms with Crippen molar-refractivity contribution in [3.05, 3.63) is 97.2 Å². The SMILES string of the molecule is CC/C=C\C/C=C\C/C=C\CCCCCC(=O)OCC(COC(=O)CCCCCCCCCCCC/C=C\C/C=C\C/C=C\CCCCCCC)OC(=O)CCCCCCC/C=C\C/C=C\CCCCC. The molecule has 0 aliphatic carbocycles. The van der Waals surface area contributed by atoms with Gasteiger partial charge in [0.05, 0.1) is 0 Å². The number of hydrogen-bond donors (Lipinski definition) is 0. The highest BCUT2D eigenvalue weighted by Crippen LogP contribution is 2.15. The molecule has 0 aliphatic heterocycles. The average Bonchev–Trinajstić information content (AvgIpc) is 3.37. The van der Waals surface area contributed by atoms with Crippen molar-refractivity contribution in [3.63, 3.8) is 0 Å². The maximum absolute atomic E-state index is 12.8. The Labute approximate surface area is 438 Å². The van der Waals surface area contributed by atoms with Gasteiger partial charge in [-0.15, -0.1) is 0 Å². The van der Waals surface area contributed by atoms with Crippen LogP contribution in [-0.2, 0) is 28.6 Å². The Morgan fingerprint density at radius 1 is 0.296 bits per heavy atom. The second-order valence-electron chi connectivity index (χ2n) is 19.5. The fraction of sp³-hybridized carbons (Fsp3) is 0.708. The first-order valence-corrected chi connectivity index (χ1v) is 29.7. The van der Waals surface area contributed by atoms with Gasteiger partial charge in [-0.1, -0.05) is 234 Å². The van der Waals surface area contributed by atoms with Crippen molar-refractivity contribution in [1.29, 1.82) is 0 Å². The van der Waals surface area contributed by atoms with E-state index in [2.05, 4.69) is 118 Å². The summed E-state index contributed by atoms with van der Waals surface area (Å²) in [4.78, 5) is 38.1. The lowest BCUT2D eigenvalue weighted by Crippen LogP contribution is -2.30. The molecule has 1 atom stereocenters. The Bertz CT molecular complexity index is 1410. The van der Waals surface area contributed by atoms with Gasteiger partial charge < -0.3 is 14.2 Å². The van der Waals surface area contributed by atoms with Crippen molar-refractivity contribution >= 4 is 17.9 Å². The molecule has 0 radical (unpaired) electrons. The standard InChI is InChI=1S/C65H110O6/c1-4-7-10-13-16-19-22-25-27-28-29-30-31-32-33-34-35-36-38-40-43-46-49-52-55-58-64(67)70-61-62(60-69-63(66)57-54-51-48-45-42-39-24-21-18-15-12-9-6-3)71-65(68)59-56-53-50-47-44-41-37-26-23-20-17-14-11-8-5-2/h9,12,17-18,20-22,25-26,28-29,31-32,37,39,42,62H,4-8,10-11,13-16,19,23-24,27,30,33-36,38,40-41,43-61H2,1-3H3/b12-9-,20-17-,21-18-,25-22-,29-28-,32-31-,37-26-,42-39-. The van der Waals surface area contributed by atoms with Gasteiger partial charge in [-0.25, -0.2) is 0 Å². The van der Waals surface area contributed by atoms with Gasteiger partial charge in [0.1, 0.15) is 13.2 Å². The lowest BCUT2D eigenvalue weighted by atomic mass is 10.1. The predicted octanol–water partition coefficient (Wildman–Crippen LogP) is 20.1. The van der Waals surface area contributed by atoms with Crippen molar-refractivity contribution in [2.75, 3.05) is 13.2 Å². The Kier molecular flexibility index (Phi) is 55.9. The quantitative estimate of drug-likeness (QED) is 0.0261. The van der Waals surface area contributed by atoms with E-state index in [1.54, 1.807) is 0 Å². The molecule has 406 valence electrons. The van der Waals surface area contributed by atoms with E-state index in [0.717, 1.165) is 122 Å². The van der Waals surface area contributed by atoms with Crippen LogP contribution in [0.2, 0.25) is 0 Å². The maximum Gasteiger partial charge on any atom is 0.306 e. The van der Waals surface area contributed by atoms with Gasteiger partial charge in [0.15, 0.2) is 6.10 Å². The van der Waals surface area contributed by atoms with Gasteiger partial charge in [0.25, 0.3) is 0 Å². The van der Waals surface area contributed by atoms with Crippen molar-refractivity contribution in [3.8, 4) is 0 Å². The number of esters is 3. The summed E-state index contributed by atoms with van der Waals surface area (Å²) in [5, 5.41) is 0. The molecule has 0 saturated heterocycles. The molecule has 0 aliphatic rings. The summed E-state index contributed by atoms with van der Waals surface area (Å²) in [5.41, 5.74) is 0. The van der Waals surface area contributed by atoms with E-state index in [1.807, 2.05) is 0 Å². The van der Waals surface area contributed by atoms with Crippen LogP contribution >= 0.6 is 0 Å². The van der Waals surface area contributed by atoms with Crippen LogP contribution in [-0.4, -0.2) is 37.2 Å². The molecule has 0 aromatic heterocycles. The van der Waals surface area contributed by atoms with Gasteiger partial charge in [-0.05, 0) is 122 Å². The molecular formula is C65H110O6. The van der Waals surface area contributed by atoms with Crippen molar-refractivity contribution < 1.29 is 28.6 Å². The Balaban J connectivity index is 4.34. The molecule has 0 N–H and O–H groups in total. The van der Waals surface area contributed by atoms with E-state index >= 15 is 0 Å². The molecular weight excluding hydrogens is 877 g/mol. The van der Waals surface area contributed by atoms with Gasteiger partial charge in [-0.3, -0.25) is 14.4 Å². The number of rotatable bonds is 53. The molecule has 0 amide bonds. The Morgan fingerprint density at radius 2 is 0.549 bits per heavy atom. The molecule has 0 aromatic carbocycles. The monoisotopic (exact) mass is 987 g/mol. The summed E-state index contributed by atoms with van der Waals surface area (Å²) < 4.78 is 16.8. The third kappa shape index (κ3) is 57.1. The molecule has 71 heavy (non-hydrogen) atoms. The first-order valence-electron chi connectivity index (χ1n) is 29.7. The van der Waals surface area contributed by atoms with E-state index < -0.39 is 6.10 Å². The number of carbonyl (C=O) groups is 3. The molecule has 0 heterocycles. The minimum absolute atomic E-state index is 0.0952. The fourth-order valence-electron chi connectivity index (χ4n) is 8.08. The predicted molar refractivity (Wildman–Crippen MR) is 307 cm³/mol. The minimum atomic E-state index is -0.800. The molecule has 0 spiro atoms. The molecule has 0 saturated carbocycles. The lowest BCUT2D eigenvalue weighted by molar-refractivity contribution is -0.167. The summed E-state index contributed by atoms with van der Waals surface area (Å²) in [6, 6.07) is 0. The maximum atomic E-state index is 12.8. The third-order valence-corrected chi connectivity index (χ3v) is 12.5. The first-order chi connectivity index (χ1) is 35.0. The molecule has 1 unspecified atom stereocenters. The van der Waals surface area contributed by atoms with Crippen LogP contribution in [0.15, 0.2) is 97.2 Å². The highest BCUT2D eigenvalue weighted by atomic mass is 16.6. The first kappa shape index (κ1) is 67.3. The molecule has 0 fully saturated rings. The van der Waals surface area contributed by atoms with Gasteiger partial charge >= 0.3 is 17.9 Å². The Morgan fingerprint density at radius 3 is 0.901 bits per heavy atom. The fourth-order valence-corrected chi connectivity index (χ4v) is 8.08. The van der Waals surface area contributed by atoms with Gasteiger partial charge in [-0.2, -0.15) is 0 Å². The van der Waals surface area contributed by atoms with E-state index in [-0.39, 0.29) is 31.1 Å². The zero-order chi connectivity index (χ0) is 51.4. The van der Waals surface area contributed by atoms with Crippen LogP contribution in [0.5, 0.6) is 0 Å². The van der Waals surface area contributed by atoms with Crippen LogP contribution < -0.4 is 0 Å². The molecule has 0 aromatic rings. The largest absolute Gasteiger partial charge is 0.462 e. The summed E-state index contributed by atoms with van der Waals surface area (Å²) in [6.07, 6.45) is 78.3. The zero-order valence-corrected chi connectivity index (χ0v) is 46.5. The van der Waals surface area contributed by atoms with Crippen LogP contribution in [0.25, 0.3) is 0 Å². The topological polar surface area (TPSA) is 78.9 Å². The second kappa shape index (κ2) is 58.9. The normalized spacial score (nSPS) is 12.8. The minimum Gasteiger partial charge on any atom is -0.462 e. The van der Waals surface area contributed by atoms with E-state index in [0.29, 0.717) is 19.3 Å².